The first-order valence-corrected chi connectivity index (χ1v) is 6.84. The van der Waals surface area contributed by atoms with Crippen LogP contribution in [0.15, 0.2) is 12.1 Å². The fraction of sp³-hybridized carbons (Fsp3) is 0.533. The van der Waals surface area contributed by atoms with Crippen LogP contribution in [-0.2, 0) is 4.79 Å². The summed E-state index contributed by atoms with van der Waals surface area (Å²) < 4.78 is 15.7. The van der Waals surface area contributed by atoms with E-state index >= 15 is 0 Å². The van der Waals surface area contributed by atoms with Gasteiger partial charge in [0.05, 0.1) is 27.4 Å². The van der Waals surface area contributed by atoms with E-state index in [2.05, 4.69) is 5.32 Å². The number of nitrogens with two attached hydrogens (primary N) is 1. The second kappa shape index (κ2) is 7.73. The fourth-order valence-electron chi connectivity index (χ4n) is 1.89. The number of carbonyl (C=O) groups excluding carboxylic acids is 1. The Kier molecular flexibility index (Phi) is 6.30. The Morgan fingerprint density at radius 1 is 1.19 bits per heavy atom. The van der Waals surface area contributed by atoms with E-state index in [0.717, 1.165) is 6.42 Å². The molecule has 1 aromatic carbocycles. The molecule has 0 bridgehead atoms. The molecule has 0 aliphatic heterocycles. The summed E-state index contributed by atoms with van der Waals surface area (Å²) in [6.07, 6.45) is 0.837. The molecule has 3 N–H and O–H groups in total. The first-order valence-electron chi connectivity index (χ1n) is 6.84. The highest BCUT2D eigenvalue weighted by Crippen LogP contribution is 2.39. The normalized spacial score (nSPS) is 13.2. The van der Waals surface area contributed by atoms with Crippen LogP contribution in [0.4, 0.5) is 5.69 Å². The minimum atomic E-state index is -0.561. The highest BCUT2D eigenvalue weighted by atomic mass is 16.5. The van der Waals surface area contributed by atoms with Crippen LogP contribution < -0.4 is 25.3 Å². The molecule has 6 heteroatoms. The number of carbonyl (C=O) groups is 1. The van der Waals surface area contributed by atoms with Crippen LogP contribution in [0.1, 0.15) is 20.3 Å². The van der Waals surface area contributed by atoms with E-state index in [1.54, 1.807) is 12.1 Å². The molecule has 0 spiro atoms. The van der Waals surface area contributed by atoms with E-state index in [4.69, 9.17) is 19.9 Å². The van der Waals surface area contributed by atoms with Crippen molar-refractivity contribution in [1.82, 2.24) is 0 Å². The quantitative estimate of drug-likeness (QED) is 0.804. The van der Waals surface area contributed by atoms with Crippen molar-refractivity contribution in [2.75, 3.05) is 26.6 Å². The molecule has 1 aromatic rings. The number of nitrogens with one attached hydrogen (secondary N) is 1. The standard InChI is InChI=1S/C15H24N2O4/c1-6-9(2)13(16)15(18)17-10-7-11(19-3)14(21-5)12(8-10)20-4/h7-9,13H,6,16H2,1-5H3,(H,17,18)/t9?,13-/m0/s1. The lowest BCUT2D eigenvalue weighted by molar-refractivity contribution is -0.118. The summed E-state index contributed by atoms with van der Waals surface area (Å²) in [6, 6.07) is 2.78. The zero-order valence-electron chi connectivity index (χ0n) is 13.2. The lowest BCUT2D eigenvalue weighted by Gasteiger charge is -2.19. The maximum atomic E-state index is 12.1. The molecule has 0 saturated heterocycles. The monoisotopic (exact) mass is 296 g/mol. The van der Waals surface area contributed by atoms with Crippen molar-refractivity contribution in [3.05, 3.63) is 12.1 Å². The van der Waals surface area contributed by atoms with Gasteiger partial charge in [-0.15, -0.1) is 0 Å². The molecule has 1 unspecified atom stereocenters. The number of ether oxygens (including phenoxy) is 3. The molecule has 0 aliphatic rings. The first-order chi connectivity index (χ1) is 9.98. The van der Waals surface area contributed by atoms with Gasteiger partial charge in [0.1, 0.15) is 0 Å². The van der Waals surface area contributed by atoms with Crippen LogP contribution in [-0.4, -0.2) is 33.3 Å². The van der Waals surface area contributed by atoms with Gasteiger partial charge in [-0.05, 0) is 5.92 Å². The first kappa shape index (κ1) is 17.1. The number of amides is 1. The number of hydrogen-bond acceptors (Lipinski definition) is 5. The number of rotatable bonds is 7. The van der Waals surface area contributed by atoms with Crippen LogP contribution in [0, 0.1) is 5.92 Å². The molecule has 2 atom stereocenters. The number of hydrogen-bond donors (Lipinski definition) is 2. The second-order valence-electron chi connectivity index (χ2n) is 4.81. The molecule has 1 rings (SSSR count). The van der Waals surface area contributed by atoms with Crippen molar-refractivity contribution in [2.24, 2.45) is 11.7 Å². The minimum Gasteiger partial charge on any atom is -0.493 e. The van der Waals surface area contributed by atoms with E-state index < -0.39 is 6.04 Å². The van der Waals surface area contributed by atoms with Gasteiger partial charge in [0.2, 0.25) is 11.7 Å². The summed E-state index contributed by atoms with van der Waals surface area (Å²) in [7, 11) is 4.57. The molecule has 1 amide bonds. The zero-order chi connectivity index (χ0) is 16.0. The number of benzene rings is 1. The summed E-state index contributed by atoms with van der Waals surface area (Å²) in [6.45, 7) is 3.94. The number of anilines is 1. The summed E-state index contributed by atoms with van der Waals surface area (Å²) in [5.74, 6) is 1.29. The summed E-state index contributed by atoms with van der Waals surface area (Å²) >= 11 is 0. The van der Waals surface area contributed by atoms with Gasteiger partial charge in [0, 0.05) is 17.8 Å². The third-order valence-corrected chi connectivity index (χ3v) is 3.49. The molecule has 0 fully saturated rings. The molecule has 0 heterocycles. The van der Waals surface area contributed by atoms with E-state index in [1.165, 1.54) is 21.3 Å². The fourth-order valence-corrected chi connectivity index (χ4v) is 1.89. The molecule has 0 aromatic heterocycles. The van der Waals surface area contributed by atoms with Crippen LogP contribution >= 0.6 is 0 Å². The van der Waals surface area contributed by atoms with Crippen LogP contribution in [0.5, 0.6) is 17.2 Å². The molecule has 0 aliphatic carbocycles. The maximum absolute atomic E-state index is 12.1. The van der Waals surface area contributed by atoms with Gasteiger partial charge in [0.15, 0.2) is 11.5 Å². The Hall–Kier alpha value is -1.95. The van der Waals surface area contributed by atoms with Crippen molar-refractivity contribution in [3.8, 4) is 17.2 Å². The second-order valence-corrected chi connectivity index (χ2v) is 4.81. The SMILES string of the molecule is CCC(C)[C@H](N)C(=O)Nc1cc(OC)c(OC)c(OC)c1. The smallest absolute Gasteiger partial charge is 0.241 e. The number of methoxy groups -OCH3 is 3. The summed E-state index contributed by atoms with van der Waals surface area (Å²) in [4.78, 5) is 12.1. The molecule has 21 heavy (non-hydrogen) atoms. The van der Waals surface area contributed by atoms with E-state index in [-0.39, 0.29) is 11.8 Å². The average molecular weight is 296 g/mol. The highest BCUT2D eigenvalue weighted by Gasteiger charge is 2.21. The Morgan fingerprint density at radius 3 is 2.10 bits per heavy atom. The Bertz CT molecular complexity index is 466. The van der Waals surface area contributed by atoms with Crippen LogP contribution in [0.2, 0.25) is 0 Å². The lowest BCUT2D eigenvalue weighted by Crippen LogP contribution is -2.40. The molecular weight excluding hydrogens is 272 g/mol. The van der Waals surface area contributed by atoms with Crippen molar-refractivity contribution in [3.63, 3.8) is 0 Å². The van der Waals surface area contributed by atoms with Gasteiger partial charge in [0.25, 0.3) is 0 Å². The topological polar surface area (TPSA) is 82.8 Å². The Balaban J connectivity index is 3.01. The highest BCUT2D eigenvalue weighted by molar-refractivity contribution is 5.95. The average Bonchev–Trinajstić information content (AvgIpc) is 2.51. The predicted molar refractivity (Wildman–Crippen MR) is 82.2 cm³/mol. The van der Waals surface area contributed by atoms with Crippen LogP contribution in [0.25, 0.3) is 0 Å². The molecule has 0 radical (unpaired) electrons. The summed E-state index contributed by atoms with van der Waals surface area (Å²) in [5, 5.41) is 2.78. The van der Waals surface area contributed by atoms with Gasteiger partial charge in [-0.2, -0.15) is 0 Å². The molecule has 6 nitrogen and oxygen atoms in total. The van der Waals surface area contributed by atoms with E-state index in [1.807, 2.05) is 13.8 Å². The van der Waals surface area contributed by atoms with Crippen molar-refractivity contribution in [1.29, 1.82) is 0 Å². The van der Waals surface area contributed by atoms with Gasteiger partial charge >= 0.3 is 0 Å². The molecular formula is C15H24N2O4. The third kappa shape index (κ3) is 4.01. The van der Waals surface area contributed by atoms with Gasteiger partial charge in [-0.3, -0.25) is 4.79 Å². The minimum absolute atomic E-state index is 0.104. The van der Waals surface area contributed by atoms with Gasteiger partial charge < -0.3 is 25.3 Å². The van der Waals surface area contributed by atoms with Crippen molar-refractivity contribution >= 4 is 11.6 Å². The summed E-state index contributed by atoms with van der Waals surface area (Å²) in [5.41, 5.74) is 6.47. The lowest BCUT2D eigenvalue weighted by atomic mass is 9.99. The maximum Gasteiger partial charge on any atom is 0.241 e. The largest absolute Gasteiger partial charge is 0.493 e. The van der Waals surface area contributed by atoms with E-state index in [9.17, 15) is 4.79 Å². The predicted octanol–water partition coefficient (Wildman–Crippen LogP) is 2.02. The third-order valence-electron chi connectivity index (χ3n) is 3.49. The molecule has 0 saturated carbocycles. The Morgan fingerprint density at radius 2 is 1.71 bits per heavy atom. The zero-order valence-corrected chi connectivity index (χ0v) is 13.2. The Labute approximate surface area is 125 Å². The van der Waals surface area contributed by atoms with Crippen LogP contribution in [0.3, 0.4) is 0 Å². The van der Waals surface area contributed by atoms with Gasteiger partial charge in [-0.25, -0.2) is 0 Å². The van der Waals surface area contributed by atoms with Gasteiger partial charge in [-0.1, -0.05) is 20.3 Å². The van der Waals surface area contributed by atoms with E-state index in [0.29, 0.717) is 22.9 Å². The van der Waals surface area contributed by atoms with Crippen molar-refractivity contribution < 1.29 is 19.0 Å². The molecule has 118 valence electrons. The van der Waals surface area contributed by atoms with Crippen molar-refractivity contribution in [2.45, 2.75) is 26.3 Å².